The number of hydrogen-bond acceptors (Lipinski definition) is 2. The molecule has 0 atom stereocenters. The number of rotatable bonds is 0. The highest BCUT2D eigenvalue weighted by molar-refractivity contribution is 4.92. The van der Waals surface area contributed by atoms with Crippen molar-refractivity contribution in [1.82, 2.24) is 0 Å². The highest BCUT2D eigenvalue weighted by Crippen LogP contribution is 2.44. The van der Waals surface area contributed by atoms with Gasteiger partial charge in [-0.3, -0.25) is 0 Å². The summed E-state index contributed by atoms with van der Waals surface area (Å²) in [6.07, 6.45) is -10.4. The van der Waals surface area contributed by atoms with Crippen LogP contribution in [-0.2, 0) is 9.47 Å². The first-order chi connectivity index (χ1) is 5.26. The summed E-state index contributed by atoms with van der Waals surface area (Å²) >= 11 is 0. The lowest BCUT2D eigenvalue weighted by Gasteiger charge is -2.27. The van der Waals surface area contributed by atoms with E-state index in [-0.39, 0.29) is 0 Å². The summed E-state index contributed by atoms with van der Waals surface area (Å²) in [5.74, 6) is 0. The topological polar surface area (TPSA) is 18.5 Å². The first kappa shape index (κ1) is 9.01. The highest BCUT2D eigenvalue weighted by atomic mass is 19.3. The molecule has 1 aliphatic rings. The van der Waals surface area contributed by atoms with Crippen molar-refractivity contribution >= 4 is 0 Å². The molecular formula is C4F6O2. The summed E-state index contributed by atoms with van der Waals surface area (Å²) in [5.41, 5.74) is 0. The van der Waals surface area contributed by atoms with Crippen LogP contribution >= 0.6 is 0 Å². The van der Waals surface area contributed by atoms with E-state index in [2.05, 4.69) is 9.47 Å². The zero-order valence-electron chi connectivity index (χ0n) is 5.08. The molecule has 2 nitrogen and oxygen atoms in total. The van der Waals surface area contributed by atoms with Gasteiger partial charge in [0.15, 0.2) is 0 Å². The van der Waals surface area contributed by atoms with Crippen LogP contribution in [-0.4, -0.2) is 12.2 Å². The van der Waals surface area contributed by atoms with Crippen LogP contribution in [0.25, 0.3) is 0 Å². The molecule has 0 spiro atoms. The van der Waals surface area contributed by atoms with E-state index in [0.717, 1.165) is 0 Å². The minimum atomic E-state index is -5.20. The molecule has 0 amide bonds. The lowest BCUT2D eigenvalue weighted by molar-refractivity contribution is -0.438. The number of ether oxygens (including phenoxy) is 2. The molecule has 0 radical (unpaired) electrons. The minimum absolute atomic E-state index is 2.51. The number of halogens is 6. The summed E-state index contributed by atoms with van der Waals surface area (Å²) in [7, 11) is 0. The van der Waals surface area contributed by atoms with Crippen LogP contribution in [0.5, 0.6) is 0 Å². The molecule has 12 heavy (non-hydrogen) atoms. The predicted molar refractivity (Wildman–Crippen MR) is 21.3 cm³/mol. The zero-order chi connectivity index (χ0) is 9.57. The van der Waals surface area contributed by atoms with Gasteiger partial charge >= 0.3 is 24.2 Å². The van der Waals surface area contributed by atoms with Gasteiger partial charge in [0.1, 0.15) is 0 Å². The first-order valence-electron chi connectivity index (χ1n) is 2.45. The van der Waals surface area contributed by atoms with Crippen LogP contribution in [0, 0.1) is 0 Å². The Bertz CT molecular complexity index is 210. The van der Waals surface area contributed by atoms with E-state index < -0.39 is 24.2 Å². The van der Waals surface area contributed by atoms with Crippen molar-refractivity contribution in [2.45, 2.75) is 12.2 Å². The fourth-order valence-corrected chi connectivity index (χ4v) is 0.424. The zero-order valence-corrected chi connectivity index (χ0v) is 5.08. The fraction of sp³-hybridized carbons (Fsp3) is 0.500. The molecule has 0 aromatic carbocycles. The van der Waals surface area contributed by atoms with Crippen LogP contribution in [0.15, 0.2) is 12.0 Å². The Labute approximate surface area is 61.4 Å². The smallest absolute Gasteiger partial charge is 0.394 e. The molecule has 0 aromatic rings. The van der Waals surface area contributed by atoms with Crippen LogP contribution in [0.4, 0.5) is 26.3 Å². The van der Waals surface area contributed by atoms with Crippen LogP contribution in [0.3, 0.4) is 0 Å². The van der Waals surface area contributed by atoms with E-state index in [1.165, 1.54) is 0 Å². The van der Waals surface area contributed by atoms with Gasteiger partial charge in [-0.2, -0.15) is 26.3 Å². The molecule has 70 valence electrons. The average molecular weight is 194 g/mol. The van der Waals surface area contributed by atoms with E-state index in [9.17, 15) is 26.3 Å². The third-order valence-corrected chi connectivity index (χ3v) is 0.929. The Morgan fingerprint density at radius 2 is 1.00 bits per heavy atom. The normalized spacial score (nSPS) is 26.2. The van der Waals surface area contributed by atoms with Crippen molar-refractivity contribution < 1.29 is 35.8 Å². The third-order valence-electron chi connectivity index (χ3n) is 0.929. The molecule has 0 fully saturated rings. The van der Waals surface area contributed by atoms with E-state index in [4.69, 9.17) is 0 Å². The third kappa shape index (κ3) is 1.16. The van der Waals surface area contributed by atoms with Gasteiger partial charge in [-0.15, -0.1) is 0 Å². The predicted octanol–water partition coefficient (Wildman–Crippen LogP) is 2.28. The Morgan fingerprint density at radius 1 is 0.750 bits per heavy atom. The Balaban J connectivity index is 3.00. The van der Waals surface area contributed by atoms with Gasteiger partial charge in [-0.05, 0) is 0 Å². The molecule has 1 rings (SSSR count). The first-order valence-corrected chi connectivity index (χ1v) is 2.45. The molecule has 0 saturated carbocycles. The summed E-state index contributed by atoms with van der Waals surface area (Å²) in [4.78, 5) is 0. The molecule has 1 aliphatic heterocycles. The van der Waals surface area contributed by atoms with E-state index in [1.807, 2.05) is 0 Å². The SMILES string of the molecule is FC1=C(F)OC(F)(F)C(F)(F)O1. The minimum Gasteiger partial charge on any atom is -0.394 e. The molecule has 1 heterocycles. The van der Waals surface area contributed by atoms with Gasteiger partial charge < -0.3 is 9.47 Å². The van der Waals surface area contributed by atoms with E-state index in [0.29, 0.717) is 0 Å². The molecule has 0 aliphatic carbocycles. The van der Waals surface area contributed by atoms with Gasteiger partial charge in [0.05, 0.1) is 0 Å². The average Bonchev–Trinajstić information content (AvgIpc) is 1.82. The van der Waals surface area contributed by atoms with Gasteiger partial charge in [0, 0.05) is 0 Å². The molecular weight excluding hydrogens is 194 g/mol. The van der Waals surface area contributed by atoms with Gasteiger partial charge in [0.25, 0.3) is 0 Å². The van der Waals surface area contributed by atoms with Crippen molar-refractivity contribution in [3.8, 4) is 0 Å². The van der Waals surface area contributed by atoms with Crippen molar-refractivity contribution in [2.75, 3.05) is 0 Å². The molecule has 0 aromatic heterocycles. The lowest BCUT2D eigenvalue weighted by atomic mass is 10.5. The quantitative estimate of drug-likeness (QED) is 0.550. The second kappa shape index (κ2) is 2.20. The highest BCUT2D eigenvalue weighted by Gasteiger charge is 2.67. The van der Waals surface area contributed by atoms with Gasteiger partial charge in [-0.1, -0.05) is 0 Å². The Kier molecular flexibility index (Phi) is 1.66. The Morgan fingerprint density at radius 3 is 1.25 bits per heavy atom. The fourth-order valence-electron chi connectivity index (χ4n) is 0.424. The van der Waals surface area contributed by atoms with E-state index >= 15 is 0 Å². The molecule has 0 N–H and O–H groups in total. The van der Waals surface area contributed by atoms with Crippen LogP contribution in [0.2, 0.25) is 0 Å². The largest absolute Gasteiger partial charge is 0.509 e. The van der Waals surface area contributed by atoms with Crippen molar-refractivity contribution in [1.29, 1.82) is 0 Å². The lowest BCUT2D eigenvalue weighted by Crippen LogP contribution is -2.46. The standard InChI is InChI=1S/C4F6O2/c5-1-2(6)12-4(9,10)3(7,8)11-1. The summed E-state index contributed by atoms with van der Waals surface area (Å²) in [5, 5.41) is 0. The summed E-state index contributed by atoms with van der Waals surface area (Å²) in [6.45, 7) is 0. The van der Waals surface area contributed by atoms with Crippen LogP contribution < -0.4 is 0 Å². The van der Waals surface area contributed by atoms with Crippen molar-refractivity contribution in [3.63, 3.8) is 0 Å². The molecule has 0 unspecified atom stereocenters. The molecule has 0 saturated heterocycles. The summed E-state index contributed by atoms with van der Waals surface area (Å²) in [6, 6.07) is -5.02. The second-order valence-corrected chi connectivity index (χ2v) is 1.79. The number of hydrogen-bond donors (Lipinski definition) is 0. The second-order valence-electron chi connectivity index (χ2n) is 1.79. The molecule has 8 heteroatoms. The number of alkyl halides is 4. The maximum Gasteiger partial charge on any atom is 0.509 e. The Hall–Kier alpha value is -1.08. The van der Waals surface area contributed by atoms with Crippen LogP contribution in [0.1, 0.15) is 0 Å². The summed E-state index contributed by atoms with van der Waals surface area (Å²) < 4.78 is 76.3. The van der Waals surface area contributed by atoms with Crippen molar-refractivity contribution in [3.05, 3.63) is 12.0 Å². The van der Waals surface area contributed by atoms with Crippen molar-refractivity contribution in [2.24, 2.45) is 0 Å². The maximum absolute atomic E-state index is 11.9. The van der Waals surface area contributed by atoms with Gasteiger partial charge in [0.2, 0.25) is 0 Å². The van der Waals surface area contributed by atoms with Gasteiger partial charge in [-0.25, -0.2) is 0 Å². The monoisotopic (exact) mass is 194 g/mol. The maximum atomic E-state index is 11.9. The molecule has 0 bridgehead atoms. The van der Waals surface area contributed by atoms with E-state index in [1.54, 1.807) is 0 Å².